The molecule has 2 aliphatic rings. The summed E-state index contributed by atoms with van der Waals surface area (Å²) in [6, 6.07) is 1.31. The van der Waals surface area contributed by atoms with Gasteiger partial charge in [-0.25, -0.2) is 4.79 Å². The van der Waals surface area contributed by atoms with Gasteiger partial charge in [0, 0.05) is 25.1 Å². The number of hydrogen-bond acceptors (Lipinski definition) is 6. The average Bonchev–Trinajstić information content (AvgIpc) is 3.54. The van der Waals surface area contributed by atoms with Crippen LogP contribution in [-0.4, -0.2) is 45.4 Å². The monoisotopic (exact) mass is 620 g/mol. The fourth-order valence-electron chi connectivity index (χ4n) is 6.98. The van der Waals surface area contributed by atoms with Crippen molar-refractivity contribution in [3.05, 3.63) is 33.1 Å². The van der Waals surface area contributed by atoms with Crippen LogP contribution in [0.3, 0.4) is 0 Å². The third kappa shape index (κ3) is 12.4. The molecule has 2 aliphatic heterocycles. The largest absolute Gasteiger partial charge is 0.394 e. The Kier molecular flexibility index (Phi) is 17.9. The number of rotatable bonds is 26. The minimum Gasteiger partial charge on any atom is -0.394 e. The first-order valence-corrected chi connectivity index (χ1v) is 18.5. The van der Waals surface area contributed by atoms with Crippen LogP contribution in [-0.2, 0) is 14.2 Å². The molecule has 4 atom stereocenters. The zero-order chi connectivity index (χ0) is 31.5. The summed E-state index contributed by atoms with van der Waals surface area (Å²) in [7, 11) is 0. The van der Waals surface area contributed by atoms with E-state index in [0.29, 0.717) is 0 Å². The normalized spacial score (nSPS) is 22.5. The lowest BCUT2D eigenvalue weighted by molar-refractivity contribution is -0.228. The number of fused-ring (bicyclic) bond motifs is 1. The van der Waals surface area contributed by atoms with E-state index in [1.165, 1.54) is 132 Å². The minimum atomic E-state index is -0.752. The number of nitrogens with zero attached hydrogens (tertiary/aromatic N) is 1. The standard InChI is InChI=1S/C36H64N2O6/c1-3-5-7-9-11-13-15-17-19-21-23-26-36(27-24-22-20-18-16-14-12-10-8-6-4-2)43-32-30(29-39)42-34(33(32)44-36)38-28-25-31(40)37-35(38)41/h25,28,30,32-34,39H,3-24,26-27,29H2,1-2H3,(H,37,40,41)/t30-,32-,33-,34-/m1/s1. The molecule has 0 aliphatic carbocycles. The van der Waals surface area contributed by atoms with Crippen LogP contribution in [0.5, 0.6) is 0 Å². The lowest BCUT2D eigenvalue weighted by atomic mass is 9.98. The van der Waals surface area contributed by atoms with Gasteiger partial charge in [0.25, 0.3) is 5.56 Å². The van der Waals surface area contributed by atoms with Crippen molar-refractivity contribution < 1.29 is 19.3 Å². The van der Waals surface area contributed by atoms with E-state index in [0.717, 1.165) is 38.5 Å². The third-order valence-corrected chi connectivity index (χ3v) is 9.61. The van der Waals surface area contributed by atoms with E-state index < -0.39 is 41.6 Å². The number of aliphatic hydroxyl groups excluding tert-OH is 1. The molecule has 2 saturated heterocycles. The molecule has 2 fully saturated rings. The maximum Gasteiger partial charge on any atom is 0.330 e. The second kappa shape index (κ2) is 21.3. The van der Waals surface area contributed by atoms with Gasteiger partial charge in [-0.2, -0.15) is 0 Å². The first-order valence-electron chi connectivity index (χ1n) is 18.5. The van der Waals surface area contributed by atoms with Crippen LogP contribution in [0, 0.1) is 0 Å². The first kappa shape index (κ1) is 37.0. The molecule has 8 nitrogen and oxygen atoms in total. The number of ether oxygens (including phenoxy) is 3. The summed E-state index contributed by atoms with van der Waals surface area (Å²) in [5, 5.41) is 10.1. The van der Waals surface area contributed by atoms with Crippen LogP contribution in [0.2, 0.25) is 0 Å². The molecule has 3 rings (SSSR count). The van der Waals surface area contributed by atoms with E-state index in [-0.39, 0.29) is 6.61 Å². The van der Waals surface area contributed by atoms with Gasteiger partial charge in [0.1, 0.15) is 18.3 Å². The summed E-state index contributed by atoms with van der Waals surface area (Å²) in [5.74, 6) is -0.727. The molecule has 0 aromatic carbocycles. The second-order valence-electron chi connectivity index (χ2n) is 13.4. The van der Waals surface area contributed by atoms with Crippen molar-refractivity contribution in [2.24, 2.45) is 0 Å². The predicted molar refractivity (Wildman–Crippen MR) is 177 cm³/mol. The number of hydrogen-bond donors (Lipinski definition) is 2. The molecular formula is C36H64N2O6. The van der Waals surface area contributed by atoms with Crippen molar-refractivity contribution >= 4 is 0 Å². The fraction of sp³-hybridized carbons (Fsp3) is 0.889. The van der Waals surface area contributed by atoms with Crippen molar-refractivity contribution in [1.82, 2.24) is 9.55 Å². The van der Waals surface area contributed by atoms with Gasteiger partial charge < -0.3 is 19.3 Å². The van der Waals surface area contributed by atoms with E-state index in [9.17, 15) is 14.7 Å². The van der Waals surface area contributed by atoms with Crippen molar-refractivity contribution in [2.45, 2.75) is 198 Å². The number of nitrogens with one attached hydrogen (secondary N) is 1. The van der Waals surface area contributed by atoms with Crippen LogP contribution in [0.4, 0.5) is 0 Å². The molecule has 1 aromatic rings. The highest BCUT2D eigenvalue weighted by Gasteiger charge is 2.58. The number of aliphatic hydroxyl groups is 1. The zero-order valence-corrected chi connectivity index (χ0v) is 28.1. The number of aromatic nitrogens is 2. The van der Waals surface area contributed by atoms with Crippen molar-refractivity contribution in [3.8, 4) is 0 Å². The van der Waals surface area contributed by atoms with E-state index in [4.69, 9.17) is 14.2 Å². The molecule has 0 unspecified atom stereocenters. The average molecular weight is 621 g/mol. The van der Waals surface area contributed by atoms with Gasteiger partial charge >= 0.3 is 5.69 Å². The number of unbranched alkanes of at least 4 members (excludes halogenated alkanes) is 20. The quantitative estimate of drug-likeness (QED) is 0.101. The Balaban J connectivity index is 1.49. The lowest BCUT2D eigenvalue weighted by Gasteiger charge is -2.31. The van der Waals surface area contributed by atoms with E-state index in [2.05, 4.69) is 18.8 Å². The Hall–Kier alpha value is -1.48. The Morgan fingerprint density at radius 3 is 1.55 bits per heavy atom. The van der Waals surface area contributed by atoms with Gasteiger partial charge in [0.15, 0.2) is 12.0 Å². The smallest absolute Gasteiger partial charge is 0.330 e. The second-order valence-corrected chi connectivity index (χ2v) is 13.4. The minimum absolute atomic E-state index is 0.216. The summed E-state index contributed by atoms with van der Waals surface area (Å²) in [4.78, 5) is 26.6. The fourth-order valence-corrected chi connectivity index (χ4v) is 6.98. The summed E-state index contributed by atoms with van der Waals surface area (Å²) in [6.45, 7) is 4.31. The molecular weight excluding hydrogens is 556 g/mol. The molecule has 44 heavy (non-hydrogen) atoms. The highest BCUT2D eigenvalue weighted by atomic mass is 16.8. The molecule has 3 heterocycles. The molecule has 0 saturated carbocycles. The first-order chi connectivity index (χ1) is 21.5. The Bertz CT molecular complexity index is 967. The summed E-state index contributed by atoms with van der Waals surface area (Å²) in [5.41, 5.74) is -0.998. The molecule has 0 spiro atoms. The molecule has 1 aromatic heterocycles. The maximum atomic E-state index is 12.6. The third-order valence-electron chi connectivity index (χ3n) is 9.61. The summed E-state index contributed by atoms with van der Waals surface area (Å²) in [6.07, 6.45) is 29.0. The summed E-state index contributed by atoms with van der Waals surface area (Å²) < 4.78 is 20.8. The Morgan fingerprint density at radius 2 is 1.11 bits per heavy atom. The molecule has 254 valence electrons. The van der Waals surface area contributed by atoms with Crippen LogP contribution in [0.15, 0.2) is 21.9 Å². The molecule has 0 radical (unpaired) electrons. The number of H-pyrrole nitrogens is 1. The van der Waals surface area contributed by atoms with Gasteiger partial charge in [-0.1, -0.05) is 142 Å². The van der Waals surface area contributed by atoms with Gasteiger partial charge in [-0.05, 0) is 12.8 Å². The number of aromatic amines is 1. The highest BCUT2D eigenvalue weighted by Crippen LogP contribution is 2.46. The van der Waals surface area contributed by atoms with Crippen LogP contribution >= 0.6 is 0 Å². The van der Waals surface area contributed by atoms with Crippen LogP contribution in [0.1, 0.15) is 174 Å². The topological polar surface area (TPSA) is 103 Å². The highest BCUT2D eigenvalue weighted by molar-refractivity contribution is 5.00. The van der Waals surface area contributed by atoms with E-state index >= 15 is 0 Å². The Morgan fingerprint density at radius 1 is 0.682 bits per heavy atom. The van der Waals surface area contributed by atoms with Crippen LogP contribution in [0.25, 0.3) is 0 Å². The molecule has 0 amide bonds. The van der Waals surface area contributed by atoms with Gasteiger partial charge in [-0.15, -0.1) is 0 Å². The van der Waals surface area contributed by atoms with Crippen LogP contribution < -0.4 is 11.2 Å². The van der Waals surface area contributed by atoms with Gasteiger partial charge in [0.05, 0.1) is 6.61 Å². The van der Waals surface area contributed by atoms with E-state index in [1.807, 2.05) is 0 Å². The van der Waals surface area contributed by atoms with Gasteiger partial charge in [-0.3, -0.25) is 14.3 Å². The zero-order valence-electron chi connectivity index (χ0n) is 28.1. The summed E-state index contributed by atoms with van der Waals surface area (Å²) >= 11 is 0. The van der Waals surface area contributed by atoms with Crippen molar-refractivity contribution in [1.29, 1.82) is 0 Å². The molecule has 2 N–H and O–H groups in total. The SMILES string of the molecule is CCCCCCCCCCCCCC1(CCCCCCCCCCCCC)O[C@@H]2[C@H](O1)[C@@H](CO)O[C@H]2n1ccc(=O)[nH]c1=O. The predicted octanol–water partition coefficient (Wildman–Crippen LogP) is 8.31. The van der Waals surface area contributed by atoms with E-state index in [1.54, 1.807) is 0 Å². The Labute approximate surface area is 266 Å². The van der Waals surface area contributed by atoms with Crippen molar-refractivity contribution in [2.75, 3.05) is 6.61 Å². The molecule has 0 bridgehead atoms. The van der Waals surface area contributed by atoms with Gasteiger partial charge in [0.2, 0.25) is 0 Å². The maximum absolute atomic E-state index is 12.6. The van der Waals surface area contributed by atoms with Crippen molar-refractivity contribution in [3.63, 3.8) is 0 Å². The molecule has 8 heteroatoms. The lowest BCUT2D eigenvalue weighted by Crippen LogP contribution is -2.38.